The van der Waals surface area contributed by atoms with Gasteiger partial charge in [-0.05, 0) is 55.1 Å². The summed E-state index contributed by atoms with van der Waals surface area (Å²) in [5.74, 6) is -2.16. The summed E-state index contributed by atoms with van der Waals surface area (Å²) >= 11 is 0. The summed E-state index contributed by atoms with van der Waals surface area (Å²) in [4.78, 5) is 4.20. The van der Waals surface area contributed by atoms with Gasteiger partial charge in [-0.3, -0.25) is 4.68 Å². The van der Waals surface area contributed by atoms with E-state index in [9.17, 15) is 8.78 Å². The lowest BCUT2D eigenvalue weighted by Crippen LogP contribution is -2.10. The van der Waals surface area contributed by atoms with Crippen LogP contribution >= 0.6 is 0 Å². The second kappa shape index (κ2) is 9.69. The van der Waals surface area contributed by atoms with E-state index in [2.05, 4.69) is 30.9 Å². The van der Waals surface area contributed by atoms with E-state index in [1.54, 1.807) is 30.2 Å². The molecule has 0 aliphatic rings. The summed E-state index contributed by atoms with van der Waals surface area (Å²) in [5.41, 5.74) is 7.77. The molecule has 10 nitrogen and oxygen atoms in total. The Bertz CT molecular complexity index is 1250. The molecule has 4 rings (SSSR count). The van der Waals surface area contributed by atoms with Crippen LogP contribution in [0.1, 0.15) is 12.8 Å². The van der Waals surface area contributed by atoms with Crippen molar-refractivity contribution in [2.24, 2.45) is 7.05 Å². The molecule has 1 aromatic carbocycles. The number of halogens is 2. The summed E-state index contributed by atoms with van der Waals surface area (Å²) in [5, 5.41) is 18.6. The van der Waals surface area contributed by atoms with Crippen LogP contribution in [0.3, 0.4) is 0 Å². The molecule has 172 valence electrons. The maximum atomic E-state index is 15.0. The molecule has 0 saturated heterocycles. The van der Waals surface area contributed by atoms with Crippen molar-refractivity contribution in [3.05, 3.63) is 48.4 Å². The van der Waals surface area contributed by atoms with Crippen LogP contribution < -0.4 is 15.8 Å². The van der Waals surface area contributed by atoms with Gasteiger partial charge in [0.1, 0.15) is 11.5 Å². The number of hydrogen-bond acceptors (Lipinski definition) is 8. The summed E-state index contributed by atoms with van der Waals surface area (Å²) in [6, 6.07) is 4.43. The number of nitrogens with zero attached hydrogens (tertiary/aromatic N) is 7. The number of hydrogen-bond donors (Lipinski definition) is 2. The summed E-state index contributed by atoms with van der Waals surface area (Å²) in [6.45, 7) is 1.10. The second-order valence-electron chi connectivity index (χ2n) is 7.34. The van der Waals surface area contributed by atoms with Gasteiger partial charge in [-0.15, -0.1) is 5.10 Å². The van der Waals surface area contributed by atoms with Crippen LogP contribution in [0.15, 0.2) is 36.8 Å². The van der Waals surface area contributed by atoms with E-state index >= 15 is 0 Å². The first kappa shape index (κ1) is 22.3. The Morgan fingerprint density at radius 1 is 1.12 bits per heavy atom. The van der Waals surface area contributed by atoms with Gasteiger partial charge in [-0.1, -0.05) is 0 Å². The predicted octanol–water partition coefficient (Wildman–Crippen LogP) is 2.36. The van der Waals surface area contributed by atoms with Crippen LogP contribution in [0.2, 0.25) is 0 Å². The highest BCUT2D eigenvalue weighted by Crippen LogP contribution is 2.31. The molecular formula is C21H23F2N9O. The SMILES string of the molecule is CNCCCCOc1ccc(-n2nnnc2-c2cc(-c3cnn(C)c3)cnc2N)c(F)c1F. The Labute approximate surface area is 188 Å². The van der Waals surface area contributed by atoms with Crippen LogP contribution in [-0.4, -0.2) is 55.2 Å². The Hall–Kier alpha value is -3.93. The number of anilines is 1. The Kier molecular flexibility index (Phi) is 6.54. The molecule has 0 aliphatic heterocycles. The van der Waals surface area contributed by atoms with Gasteiger partial charge in [0.25, 0.3) is 0 Å². The lowest BCUT2D eigenvalue weighted by Gasteiger charge is -2.12. The first-order valence-corrected chi connectivity index (χ1v) is 10.3. The number of nitrogens with two attached hydrogens (primary N) is 1. The molecule has 0 atom stereocenters. The van der Waals surface area contributed by atoms with Crippen LogP contribution in [0.4, 0.5) is 14.6 Å². The largest absolute Gasteiger partial charge is 0.490 e. The average Bonchev–Trinajstić information content (AvgIpc) is 3.46. The van der Waals surface area contributed by atoms with Gasteiger partial charge < -0.3 is 15.8 Å². The summed E-state index contributed by atoms with van der Waals surface area (Å²) < 4.78 is 37.8. The van der Waals surface area contributed by atoms with Gasteiger partial charge in [0.05, 0.1) is 18.4 Å². The number of nitrogens with one attached hydrogen (secondary N) is 1. The smallest absolute Gasteiger partial charge is 0.202 e. The van der Waals surface area contributed by atoms with E-state index in [-0.39, 0.29) is 29.7 Å². The van der Waals surface area contributed by atoms with E-state index in [4.69, 9.17) is 10.5 Å². The highest BCUT2D eigenvalue weighted by Gasteiger charge is 2.22. The van der Waals surface area contributed by atoms with Gasteiger partial charge >= 0.3 is 0 Å². The topological polar surface area (TPSA) is 122 Å². The zero-order chi connectivity index (χ0) is 23.4. The number of rotatable bonds is 9. The first-order valence-electron chi connectivity index (χ1n) is 10.3. The average molecular weight is 455 g/mol. The molecular weight excluding hydrogens is 432 g/mol. The van der Waals surface area contributed by atoms with Gasteiger partial charge in [0, 0.05) is 30.6 Å². The lowest BCUT2D eigenvalue weighted by molar-refractivity contribution is 0.286. The maximum Gasteiger partial charge on any atom is 0.202 e. The lowest BCUT2D eigenvalue weighted by atomic mass is 10.1. The standard InChI is InChI=1S/C21H23F2N9O/c1-25-7-3-4-8-33-17-6-5-16(18(22)19(17)23)32-21(28-29-30-32)15-9-13(10-26-20(15)24)14-11-27-31(2)12-14/h5-6,9-12,25H,3-4,7-8H2,1-2H3,(H2,24,26). The summed E-state index contributed by atoms with van der Waals surface area (Å²) in [7, 11) is 3.64. The van der Waals surface area contributed by atoms with Crippen molar-refractivity contribution < 1.29 is 13.5 Å². The predicted molar refractivity (Wildman–Crippen MR) is 118 cm³/mol. The number of benzene rings is 1. The molecule has 0 saturated carbocycles. The minimum atomic E-state index is -1.13. The number of unbranched alkanes of at least 4 members (excludes halogenated alkanes) is 1. The van der Waals surface area contributed by atoms with Crippen LogP contribution in [0.5, 0.6) is 5.75 Å². The molecule has 0 radical (unpaired) electrons. The molecule has 4 aromatic rings. The number of pyridine rings is 1. The molecule has 0 spiro atoms. The van der Waals surface area contributed by atoms with E-state index in [0.717, 1.165) is 28.8 Å². The van der Waals surface area contributed by atoms with Gasteiger partial charge in [0.15, 0.2) is 17.4 Å². The summed E-state index contributed by atoms with van der Waals surface area (Å²) in [6.07, 6.45) is 6.65. The molecule has 3 heterocycles. The Morgan fingerprint density at radius 2 is 1.97 bits per heavy atom. The molecule has 0 aliphatic carbocycles. The minimum absolute atomic E-state index is 0.116. The van der Waals surface area contributed by atoms with Crippen molar-refractivity contribution >= 4 is 5.82 Å². The monoisotopic (exact) mass is 455 g/mol. The molecule has 0 amide bonds. The van der Waals surface area contributed by atoms with Crippen molar-refractivity contribution in [3.63, 3.8) is 0 Å². The van der Waals surface area contributed by atoms with E-state index in [1.807, 2.05) is 13.2 Å². The fourth-order valence-electron chi connectivity index (χ4n) is 3.28. The molecule has 33 heavy (non-hydrogen) atoms. The second-order valence-corrected chi connectivity index (χ2v) is 7.34. The number of aryl methyl sites for hydroxylation is 1. The van der Waals surface area contributed by atoms with Crippen molar-refractivity contribution in [3.8, 4) is 34.0 Å². The fourth-order valence-corrected chi connectivity index (χ4v) is 3.28. The Morgan fingerprint density at radius 3 is 2.73 bits per heavy atom. The number of tetrazole rings is 1. The van der Waals surface area contributed by atoms with Gasteiger partial charge in [-0.25, -0.2) is 9.37 Å². The fraction of sp³-hybridized carbons (Fsp3) is 0.286. The quantitative estimate of drug-likeness (QED) is 0.369. The number of nitrogen functional groups attached to an aromatic ring is 1. The Balaban J connectivity index is 1.65. The highest BCUT2D eigenvalue weighted by atomic mass is 19.2. The van der Waals surface area contributed by atoms with E-state index in [0.29, 0.717) is 12.0 Å². The van der Waals surface area contributed by atoms with E-state index in [1.165, 1.54) is 12.1 Å². The molecule has 12 heteroatoms. The third-order valence-corrected chi connectivity index (χ3v) is 5.00. The molecule has 3 N–H and O–H groups in total. The highest BCUT2D eigenvalue weighted by molar-refractivity contribution is 5.76. The first-order chi connectivity index (χ1) is 16.0. The molecule has 0 bridgehead atoms. The maximum absolute atomic E-state index is 15.0. The van der Waals surface area contributed by atoms with E-state index < -0.39 is 11.6 Å². The molecule has 0 unspecified atom stereocenters. The van der Waals surface area contributed by atoms with Crippen molar-refractivity contribution in [2.75, 3.05) is 25.9 Å². The van der Waals surface area contributed by atoms with Crippen molar-refractivity contribution in [1.82, 2.24) is 40.3 Å². The minimum Gasteiger partial charge on any atom is -0.490 e. The van der Waals surface area contributed by atoms with Crippen LogP contribution in [0, 0.1) is 11.6 Å². The van der Waals surface area contributed by atoms with Gasteiger partial charge in [-0.2, -0.15) is 14.2 Å². The zero-order valence-electron chi connectivity index (χ0n) is 18.2. The van der Waals surface area contributed by atoms with Crippen molar-refractivity contribution in [2.45, 2.75) is 12.8 Å². The van der Waals surface area contributed by atoms with Crippen molar-refractivity contribution in [1.29, 1.82) is 0 Å². The normalized spacial score (nSPS) is 11.2. The third-order valence-electron chi connectivity index (χ3n) is 5.00. The van der Waals surface area contributed by atoms with Gasteiger partial charge in [0.2, 0.25) is 5.82 Å². The van der Waals surface area contributed by atoms with Crippen LogP contribution in [-0.2, 0) is 7.05 Å². The molecule has 3 aromatic heterocycles. The zero-order valence-corrected chi connectivity index (χ0v) is 18.2. The number of ether oxygens (including phenoxy) is 1. The molecule has 0 fully saturated rings. The third kappa shape index (κ3) is 4.65. The van der Waals surface area contributed by atoms with Crippen LogP contribution in [0.25, 0.3) is 28.2 Å². The number of aromatic nitrogens is 7.